The first-order valence-electron chi connectivity index (χ1n) is 13.1. The summed E-state index contributed by atoms with van der Waals surface area (Å²) in [5, 5.41) is 5.96. The number of alkyl carbamates (subject to hydrolysis) is 1. The van der Waals surface area contributed by atoms with Gasteiger partial charge < -0.3 is 20.3 Å². The van der Waals surface area contributed by atoms with Crippen molar-refractivity contribution in [1.29, 1.82) is 0 Å². The minimum Gasteiger partial charge on any atom is -0.444 e. The molecule has 1 saturated carbocycles. The Morgan fingerprint density at radius 1 is 1.06 bits per heavy atom. The van der Waals surface area contributed by atoms with E-state index in [4.69, 9.17) is 4.74 Å². The topological polar surface area (TPSA) is 87.7 Å². The number of nitrogens with zero attached hydrogens (tertiary/aromatic N) is 1. The van der Waals surface area contributed by atoms with E-state index < -0.39 is 23.8 Å². The van der Waals surface area contributed by atoms with E-state index in [0.717, 1.165) is 37.7 Å². The van der Waals surface area contributed by atoms with Crippen molar-refractivity contribution in [3.63, 3.8) is 0 Å². The first kappa shape index (κ1) is 28.7. The first-order valence-corrected chi connectivity index (χ1v) is 13.1. The fourth-order valence-electron chi connectivity index (χ4n) is 4.48. The predicted molar refractivity (Wildman–Crippen MR) is 139 cm³/mol. The number of amides is 3. The third-order valence-electron chi connectivity index (χ3n) is 6.79. The molecule has 3 unspecified atom stereocenters. The Morgan fingerprint density at radius 2 is 1.66 bits per heavy atom. The van der Waals surface area contributed by atoms with Crippen LogP contribution in [0.1, 0.15) is 97.2 Å². The van der Waals surface area contributed by atoms with Crippen LogP contribution in [0.15, 0.2) is 24.3 Å². The first-order chi connectivity index (χ1) is 16.5. The van der Waals surface area contributed by atoms with Gasteiger partial charge in [0.15, 0.2) is 0 Å². The number of carbonyl (C=O) groups excluding carboxylic acids is 3. The maximum absolute atomic E-state index is 13.8. The van der Waals surface area contributed by atoms with E-state index in [1.165, 1.54) is 16.9 Å². The number of rotatable bonds is 9. The van der Waals surface area contributed by atoms with E-state index in [0.29, 0.717) is 6.42 Å². The lowest BCUT2D eigenvalue weighted by Gasteiger charge is -2.34. The summed E-state index contributed by atoms with van der Waals surface area (Å²) < 4.78 is 5.41. The molecule has 0 radical (unpaired) electrons. The van der Waals surface area contributed by atoms with Crippen molar-refractivity contribution in [3.8, 4) is 0 Å². The maximum Gasteiger partial charge on any atom is 0.408 e. The molecule has 1 aliphatic rings. The summed E-state index contributed by atoms with van der Waals surface area (Å²) in [6.45, 7) is 11.3. The molecule has 1 aromatic carbocycles. The number of likely N-dealkylation sites (N-methyl/N-ethyl adjacent to an activating group) is 1. The van der Waals surface area contributed by atoms with Gasteiger partial charge in [0.1, 0.15) is 17.7 Å². The van der Waals surface area contributed by atoms with Crippen LogP contribution in [0.4, 0.5) is 4.79 Å². The van der Waals surface area contributed by atoms with Crippen LogP contribution in [0, 0.1) is 5.92 Å². The van der Waals surface area contributed by atoms with Crippen molar-refractivity contribution in [2.45, 2.75) is 110 Å². The van der Waals surface area contributed by atoms with Crippen LogP contribution < -0.4 is 10.6 Å². The van der Waals surface area contributed by atoms with Crippen LogP contribution in [-0.4, -0.2) is 47.5 Å². The van der Waals surface area contributed by atoms with Gasteiger partial charge in [-0.2, -0.15) is 0 Å². The van der Waals surface area contributed by atoms with Crippen molar-refractivity contribution in [2.24, 2.45) is 5.92 Å². The second-order valence-electron chi connectivity index (χ2n) is 10.8. The molecule has 35 heavy (non-hydrogen) atoms. The average Bonchev–Trinajstić information content (AvgIpc) is 2.81. The zero-order valence-corrected chi connectivity index (χ0v) is 22.6. The molecule has 7 nitrogen and oxygen atoms in total. The standard InChI is InChI=1S/C28H45N3O4/c1-8-19(3)23(30-27(34)35-28(4,5)6)26(33)31(7)24(21-17-15-20(9-2)16-18-21)25(32)29-22-13-11-10-12-14-22/h15-19,22-24H,8-14H2,1-7H3,(H,29,32)(H,30,34). The lowest BCUT2D eigenvalue weighted by atomic mass is 9.94. The number of hydrogen-bond acceptors (Lipinski definition) is 4. The minimum atomic E-state index is -0.806. The number of ether oxygens (including phenoxy) is 1. The number of hydrogen-bond donors (Lipinski definition) is 2. The van der Waals surface area contributed by atoms with Gasteiger partial charge in [-0.1, -0.05) is 70.7 Å². The smallest absolute Gasteiger partial charge is 0.408 e. The Morgan fingerprint density at radius 3 is 2.17 bits per heavy atom. The number of aryl methyl sites for hydroxylation is 1. The number of benzene rings is 1. The molecule has 0 saturated heterocycles. The van der Waals surface area contributed by atoms with Crippen LogP contribution >= 0.6 is 0 Å². The molecule has 1 aliphatic carbocycles. The molecule has 7 heteroatoms. The third kappa shape index (κ3) is 8.55. The van der Waals surface area contributed by atoms with E-state index in [9.17, 15) is 14.4 Å². The van der Waals surface area contributed by atoms with Gasteiger partial charge in [0.2, 0.25) is 11.8 Å². The molecule has 2 N–H and O–H groups in total. The van der Waals surface area contributed by atoms with Crippen molar-refractivity contribution in [2.75, 3.05) is 7.05 Å². The molecule has 3 atom stereocenters. The predicted octanol–water partition coefficient (Wildman–Crippen LogP) is 5.14. The Kier molecular flexibility index (Phi) is 10.6. The lowest BCUT2D eigenvalue weighted by molar-refractivity contribution is -0.142. The summed E-state index contributed by atoms with van der Waals surface area (Å²) in [5.74, 6) is -0.632. The van der Waals surface area contributed by atoms with Crippen LogP contribution in [0.2, 0.25) is 0 Å². The highest BCUT2D eigenvalue weighted by Gasteiger charge is 2.36. The van der Waals surface area contributed by atoms with Crippen LogP contribution in [0.3, 0.4) is 0 Å². The average molecular weight is 488 g/mol. The summed E-state index contributed by atoms with van der Waals surface area (Å²) >= 11 is 0. The third-order valence-corrected chi connectivity index (χ3v) is 6.79. The molecule has 1 fully saturated rings. The molecule has 0 heterocycles. The van der Waals surface area contributed by atoms with Crippen molar-refractivity contribution in [3.05, 3.63) is 35.4 Å². The Balaban J connectivity index is 2.32. The van der Waals surface area contributed by atoms with Crippen LogP contribution in [0.5, 0.6) is 0 Å². The lowest BCUT2D eigenvalue weighted by Crippen LogP contribution is -2.54. The van der Waals surface area contributed by atoms with E-state index >= 15 is 0 Å². The SMILES string of the molecule is CCc1ccc(C(C(=O)NC2CCCCC2)N(C)C(=O)C(NC(=O)OC(C)(C)C)C(C)CC)cc1. The van der Waals surface area contributed by atoms with Gasteiger partial charge >= 0.3 is 6.09 Å². The van der Waals surface area contributed by atoms with Gasteiger partial charge in [-0.15, -0.1) is 0 Å². The van der Waals surface area contributed by atoms with Gasteiger partial charge in [-0.05, 0) is 57.1 Å². The van der Waals surface area contributed by atoms with Crippen LogP contribution in [-0.2, 0) is 20.7 Å². The fraction of sp³-hybridized carbons (Fsp3) is 0.679. The molecule has 3 amide bonds. The molecule has 0 aromatic heterocycles. The van der Waals surface area contributed by atoms with Crippen molar-refractivity contribution >= 4 is 17.9 Å². The maximum atomic E-state index is 13.8. The van der Waals surface area contributed by atoms with Crippen molar-refractivity contribution < 1.29 is 19.1 Å². The summed E-state index contributed by atoms with van der Waals surface area (Å²) in [6, 6.07) is 6.38. The Hall–Kier alpha value is -2.57. The zero-order valence-electron chi connectivity index (χ0n) is 22.6. The molecular formula is C28H45N3O4. The summed E-state index contributed by atoms with van der Waals surface area (Å²) in [6.07, 6.45) is 6.26. The summed E-state index contributed by atoms with van der Waals surface area (Å²) in [5.41, 5.74) is 1.24. The van der Waals surface area contributed by atoms with Crippen molar-refractivity contribution in [1.82, 2.24) is 15.5 Å². The van der Waals surface area contributed by atoms with E-state index in [1.807, 2.05) is 38.1 Å². The molecule has 0 aliphatic heterocycles. The molecule has 0 spiro atoms. The minimum absolute atomic E-state index is 0.127. The molecule has 196 valence electrons. The largest absolute Gasteiger partial charge is 0.444 e. The van der Waals surface area contributed by atoms with E-state index in [1.54, 1.807) is 27.8 Å². The van der Waals surface area contributed by atoms with Gasteiger partial charge in [0, 0.05) is 13.1 Å². The monoisotopic (exact) mass is 487 g/mol. The van der Waals surface area contributed by atoms with E-state index in [-0.39, 0.29) is 23.8 Å². The van der Waals surface area contributed by atoms with Gasteiger partial charge in [0.25, 0.3) is 0 Å². The fourth-order valence-corrected chi connectivity index (χ4v) is 4.48. The Bertz CT molecular complexity index is 841. The molecule has 0 bridgehead atoms. The highest BCUT2D eigenvalue weighted by atomic mass is 16.6. The second-order valence-corrected chi connectivity index (χ2v) is 10.8. The second kappa shape index (κ2) is 12.9. The summed E-state index contributed by atoms with van der Waals surface area (Å²) in [7, 11) is 1.65. The number of nitrogens with one attached hydrogen (secondary N) is 2. The molecular weight excluding hydrogens is 442 g/mol. The molecule has 1 aromatic rings. The molecule has 2 rings (SSSR count). The quantitative estimate of drug-likeness (QED) is 0.505. The summed E-state index contributed by atoms with van der Waals surface area (Å²) in [4.78, 5) is 41.3. The highest BCUT2D eigenvalue weighted by Crippen LogP contribution is 2.25. The van der Waals surface area contributed by atoms with Gasteiger partial charge in [0.05, 0.1) is 0 Å². The highest BCUT2D eigenvalue weighted by molar-refractivity contribution is 5.92. The van der Waals surface area contributed by atoms with Gasteiger partial charge in [-0.25, -0.2) is 4.79 Å². The Labute approximate surface area is 211 Å². The van der Waals surface area contributed by atoms with E-state index in [2.05, 4.69) is 17.6 Å². The normalized spacial score (nSPS) is 17.1. The number of carbonyl (C=O) groups is 3. The van der Waals surface area contributed by atoms with Crippen LogP contribution in [0.25, 0.3) is 0 Å². The zero-order chi connectivity index (χ0) is 26.2. The van der Waals surface area contributed by atoms with Gasteiger partial charge in [-0.3, -0.25) is 9.59 Å².